The lowest BCUT2D eigenvalue weighted by molar-refractivity contribution is 0.0950. The van der Waals surface area contributed by atoms with Gasteiger partial charge in [-0.25, -0.2) is 4.98 Å². The second kappa shape index (κ2) is 8.71. The number of ether oxygens (including phenoxy) is 2. The Labute approximate surface area is 158 Å². The normalized spacial score (nSPS) is 10.1. The van der Waals surface area contributed by atoms with Crippen molar-refractivity contribution in [2.24, 2.45) is 0 Å². The number of amides is 1. The van der Waals surface area contributed by atoms with Crippen LogP contribution >= 0.6 is 0 Å². The molecule has 2 aromatic carbocycles. The van der Waals surface area contributed by atoms with E-state index in [4.69, 9.17) is 9.47 Å². The van der Waals surface area contributed by atoms with E-state index in [-0.39, 0.29) is 5.91 Å². The molecule has 3 rings (SSSR count). The van der Waals surface area contributed by atoms with Gasteiger partial charge in [-0.15, -0.1) is 0 Å². The summed E-state index contributed by atoms with van der Waals surface area (Å²) in [7, 11) is 3.25. The molecule has 0 aliphatic carbocycles. The van der Waals surface area contributed by atoms with Crippen molar-refractivity contribution < 1.29 is 14.3 Å². The molecule has 0 unspecified atom stereocenters. The summed E-state index contributed by atoms with van der Waals surface area (Å²) in [4.78, 5) is 16.6. The van der Waals surface area contributed by atoms with Crippen LogP contribution in [-0.2, 0) is 6.54 Å². The maximum atomic E-state index is 12.3. The largest absolute Gasteiger partial charge is 0.497 e. The van der Waals surface area contributed by atoms with E-state index in [9.17, 15) is 4.79 Å². The van der Waals surface area contributed by atoms with E-state index >= 15 is 0 Å². The molecule has 138 valence electrons. The molecule has 0 aliphatic rings. The second-order valence-corrected chi connectivity index (χ2v) is 5.82. The summed E-state index contributed by atoms with van der Waals surface area (Å²) in [6.07, 6.45) is 1.55. The molecule has 0 spiro atoms. The molecular formula is C21H21N3O3. The van der Waals surface area contributed by atoms with E-state index in [1.54, 1.807) is 32.5 Å². The van der Waals surface area contributed by atoms with Crippen LogP contribution in [0.25, 0.3) is 0 Å². The van der Waals surface area contributed by atoms with Gasteiger partial charge in [0.25, 0.3) is 5.91 Å². The number of methoxy groups -OCH3 is 2. The van der Waals surface area contributed by atoms with Crippen molar-refractivity contribution in [3.63, 3.8) is 0 Å². The summed E-state index contributed by atoms with van der Waals surface area (Å²) in [6.45, 7) is 0.439. The van der Waals surface area contributed by atoms with Crippen LogP contribution in [0.2, 0.25) is 0 Å². The van der Waals surface area contributed by atoms with Crippen LogP contribution in [0.5, 0.6) is 11.5 Å². The van der Waals surface area contributed by atoms with Crippen molar-refractivity contribution >= 4 is 17.4 Å². The molecule has 1 aromatic heterocycles. The molecule has 6 heteroatoms. The van der Waals surface area contributed by atoms with Crippen LogP contribution < -0.4 is 20.1 Å². The number of benzene rings is 2. The zero-order chi connectivity index (χ0) is 19.1. The van der Waals surface area contributed by atoms with Crippen molar-refractivity contribution in [2.75, 3.05) is 19.5 Å². The molecule has 27 heavy (non-hydrogen) atoms. The van der Waals surface area contributed by atoms with Gasteiger partial charge in [0, 0.05) is 18.4 Å². The Hall–Kier alpha value is -3.54. The summed E-state index contributed by atoms with van der Waals surface area (Å²) < 4.78 is 10.3. The first-order valence-electron chi connectivity index (χ1n) is 8.46. The number of carbonyl (C=O) groups excluding carboxylic acids is 1. The van der Waals surface area contributed by atoms with Gasteiger partial charge in [0.2, 0.25) is 0 Å². The summed E-state index contributed by atoms with van der Waals surface area (Å²) in [5.41, 5.74) is 2.39. The van der Waals surface area contributed by atoms with Gasteiger partial charge in [-0.3, -0.25) is 4.79 Å². The molecule has 2 N–H and O–H groups in total. The first-order valence-corrected chi connectivity index (χ1v) is 8.46. The van der Waals surface area contributed by atoms with E-state index in [0.29, 0.717) is 17.9 Å². The fraction of sp³-hybridized carbons (Fsp3) is 0.143. The zero-order valence-corrected chi connectivity index (χ0v) is 15.2. The molecular weight excluding hydrogens is 342 g/mol. The number of nitrogens with zero attached hydrogens (tertiary/aromatic N) is 1. The van der Waals surface area contributed by atoms with Crippen molar-refractivity contribution in [2.45, 2.75) is 6.54 Å². The zero-order valence-electron chi connectivity index (χ0n) is 15.2. The SMILES string of the molecule is COc1ccc(CNC(=O)c2ccc(Nc3ccc(OC)cc3)nc2)cc1. The highest BCUT2D eigenvalue weighted by Gasteiger charge is 2.06. The Morgan fingerprint density at radius 2 is 1.52 bits per heavy atom. The van der Waals surface area contributed by atoms with E-state index in [1.165, 1.54) is 0 Å². The minimum absolute atomic E-state index is 0.172. The fourth-order valence-corrected chi connectivity index (χ4v) is 2.45. The number of aromatic nitrogens is 1. The van der Waals surface area contributed by atoms with Crippen LogP contribution in [0, 0.1) is 0 Å². The second-order valence-electron chi connectivity index (χ2n) is 5.82. The lowest BCUT2D eigenvalue weighted by atomic mass is 10.2. The van der Waals surface area contributed by atoms with E-state index in [1.807, 2.05) is 48.5 Å². The molecule has 0 saturated heterocycles. The predicted octanol–water partition coefficient (Wildman–Crippen LogP) is 3.77. The number of rotatable bonds is 7. The van der Waals surface area contributed by atoms with Crippen molar-refractivity contribution in [1.29, 1.82) is 0 Å². The average molecular weight is 363 g/mol. The summed E-state index contributed by atoms with van der Waals surface area (Å²) in [5.74, 6) is 2.06. The Morgan fingerprint density at radius 3 is 2.07 bits per heavy atom. The van der Waals surface area contributed by atoms with E-state index in [2.05, 4.69) is 15.6 Å². The molecule has 0 atom stereocenters. The van der Waals surface area contributed by atoms with Crippen molar-refractivity contribution in [1.82, 2.24) is 10.3 Å². The lowest BCUT2D eigenvalue weighted by Crippen LogP contribution is -2.22. The van der Waals surface area contributed by atoms with Crippen molar-refractivity contribution in [3.05, 3.63) is 78.0 Å². The standard InChI is InChI=1S/C21H21N3O3/c1-26-18-8-3-15(4-9-18)13-23-21(25)16-5-12-20(22-14-16)24-17-6-10-19(27-2)11-7-17/h3-12,14H,13H2,1-2H3,(H,22,24)(H,23,25). The molecule has 0 bridgehead atoms. The molecule has 3 aromatic rings. The van der Waals surface area contributed by atoms with E-state index in [0.717, 1.165) is 22.7 Å². The smallest absolute Gasteiger partial charge is 0.253 e. The number of hydrogen-bond donors (Lipinski definition) is 2. The molecule has 6 nitrogen and oxygen atoms in total. The molecule has 1 amide bonds. The lowest BCUT2D eigenvalue weighted by Gasteiger charge is -2.08. The van der Waals surface area contributed by atoms with Gasteiger partial charge in [0.15, 0.2) is 0 Å². The monoisotopic (exact) mass is 363 g/mol. The highest BCUT2D eigenvalue weighted by molar-refractivity contribution is 5.94. The van der Waals surface area contributed by atoms with E-state index < -0.39 is 0 Å². The third kappa shape index (κ3) is 4.98. The van der Waals surface area contributed by atoms with Crippen molar-refractivity contribution in [3.8, 4) is 11.5 Å². The highest BCUT2D eigenvalue weighted by Crippen LogP contribution is 2.18. The number of pyridine rings is 1. The first-order chi connectivity index (χ1) is 13.2. The fourth-order valence-electron chi connectivity index (χ4n) is 2.45. The quantitative estimate of drug-likeness (QED) is 0.668. The van der Waals surface area contributed by atoms with Gasteiger partial charge >= 0.3 is 0 Å². The van der Waals surface area contributed by atoms with Gasteiger partial charge in [-0.2, -0.15) is 0 Å². The molecule has 0 fully saturated rings. The van der Waals surface area contributed by atoms with Crippen LogP contribution in [0.4, 0.5) is 11.5 Å². The van der Waals surface area contributed by atoms with Crippen LogP contribution in [-0.4, -0.2) is 25.1 Å². The molecule has 0 aliphatic heterocycles. The van der Waals surface area contributed by atoms with Crippen LogP contribution in [0.3, 0.4) is 0 Å². The van der Waals surface area contributed by atoms with Crippen LogP contribution in [0.1, 0.15) is 15.9 Å². The molecule has 0 saturated carbocycles. The maximum absolute atomic E-state index is 12.3. The molecule has 0 radical (unpaired) electrons. The Bertz CT molecular complexity index is 876. The van der Waals surface area contributed by atoms with Gasteiger partial charge in [0.05, 0.1) is 19.8 Å². The maximum Gasteiger partial charge on any atom is 0.253 e. The minimum Gasteiger partial charge on any atom is -0.497 e. The van der Waals surface area contributed by atoms with Gasteiger partial charge in [-0.05, 0) is 54.1 Å². The Balaban J connectivity index is 1.55. The molecule has 1 heterocycles. The summed E-state index contributed by atoms with van der Waals surface area (Å²) >= 11 is 0. The Morgan fingerprint density at radius 1 is 0.889 bits per heavy atom. The Kier molecular flexibility index (Phi) is 5.89. The number of nitrogens with one attached hydrogen (secondary N) is 2. The number of carbonyl (C=O) groups is 1. The minimum atomic E-state index is -0.172. The highest BCUT2D eigenvalue weighted by atomic mass is 16.5. The number of anilines is 2. The first kappa shape index (κ1) is 18.3. The van der Waals surface area contributed by atoms with Gasteiger partial charge in [0.1, 0.15) is 17.3 Å². The van der Waals surface area contributed by atoms with Gasteiger partial charge in [-0.1, -0.05) is 12.1 Å². The predicted molar refractivity (Wildman–Crippen MR) is 105 cm³/mol. The van der Waals surface area contributed by atoms with Crippen LogP contribution in [0.15, 0.2) is 66.9 Å². The van der Waals surface area contributed by atoms with Gasteiger partial charge < -0.3 is 20.1 Å². The summed E-state index contributed by atoms with van der Waals surface area (Å²) in [6, 6.07) is 18.6. The third-order valence-electron chi connectivity index (χ3n) is 4.00. The summed E-state index contributed by atoms with van der Waals surface area (Å²) in [5, 5.41) is 6.06. The third-order valence-corrected chi connectivity index (χ3v) is 4.00. The number of hydrogen-bond acceptors (Lipinski definition) is 5. The average Bonchev–Trinajstić information content (AvgIpc) is 2.73. The topological polar surface area (TPSA) is 72.5 Å².